The number of amides is 1. The van der Waals surface area contributed by atoms with Crippen LogP contribution in [0.15, 0.2) is 53.5 Å². The van der Waals surface area contributed by atoms with Gasteiger partial charge in [0.1, 0.15) is 17.9 Å². The van der Waals surface area contributed by atoms with E-state index in [1.165, 1.54) is 32.0 Å². The smallest absolute Gasteiger partial charge is 0.343 e. The average Bonchev–Trinajstić information content (AvgIpc) is 3.14. The Morgan fingerprint density at radius 1 is 0.972 bits per heavy atom. The Labute approximate surface area is 208 Å². The van der Waals surface area contributed by atoms with Crippen LogP contribution in [0.4, 0.5) is 0 Å². The molecule has 10 heteroatoms. The van der Waals surface area contributed by atoms with E-state index in [4.69, 9.17) is 18.9 Å². The molecule has 0 saturated heterocycles. The largest absolute Gasteiger partial charge is 0.493 e. The maximum absolute atomic E-state index is 13.4. The molecule has 0 bridgehead atoms. The number of ether oxygens (including phenoxy) is 4. The highest BCUT2D eigenvalue weighted by atomic mass is 16.5. The summed E-state index contributed by atoms with van der Waals surface area (Å²) in [7, 11) is 4.25. The first-order valence-corrected chi connectivity index (χ1v) is 11.4. The molecule has 1 amide bonds. The van der Waals surface area contributed by atoms with E-state index in [1.807, 2.05) is 6.07 Å². The number of rotatable bonds is 7. The number of carbonyl (C=O) groups excluding carboxylic acids is 2. The molecule has 1 aliphatic rings. The molecule has 10 nitrogen and oxygen atoms in total. The molecule has 2 aromatic heterocycles. The van der Waals surface area contributed by atoms with Crippen LogP contribution < -0.4 is 19.8 Å². The number of hydrogen-bond donors (Lipinski definition) is 0. The molecule has 0 aliphatic carbocycles. The zero-order valence-electron chi connectivity index (χ0n) is 20.4. The summed E-state index contributed by atoms with van der Waals surface area (Å²) in [6.45, 7) is 0.817. The van der Waals surface area contributed by atoms with E-state index >= 15 is 0 Å². The number of esters is 1. The van der Waals surface area contributed by atoms with Gasteiger partial charge in [0, 0.05) is 44.0 Å². The van der Waals surface area contributed by atoms with Crippen LogP contribution in [0.3, 0.4) is 0 Å². The fourth-order valence-electron chi connectivity index (χ4n) is 4.25. The van der Waals surface area contributed by atoms with Crippen molar-refractivity contribution in [3.8, 4) is 17.2 Å². The van der Waals surface area contributed by atoms with Crippen molar-refractivity contribution in [2.75, 3.05) is 34.4 Å². The summed E-state index contributed by atoms with van der Waals surface area (Å²) < 4.78 is 23.1. The molecule has 0 spiro atoms. The first kappa shape index (κ1) is 24.8. The van der Waals surface area contributed by atoms with Crippen LogP contribution in [0.5, 0.6) is 17.2 Å². The summed E-state index contributed by atoms with van der Waals surface area (Å²) in [6, 6.07) is 11.8. The predicted octanol–water partition coefficient (Wildman–Crippen LogP) is 2.32. The van der Waals surface area contributed by atoms with E-state index in [1.54, 1.807) is 41.4 Å². The van der Waals surface area contributed by atoms with Gasteiger partial charge in [0.2, 0.25) is 0 Å². The summed E-state index contributed by atoms with van der Waals surface area (Å²) in [4.78, 5) is 45.1. The van der Waals surface area contributed by atoms with E-state index in [9.17, 15) is 14.4 Å². The Balaban J connectivity index is 1.65. The number of benzene rings is 1. The van der Waals surface area contributed by atoms with Crippen LogP contribution in [-0.4, -0.2) is 60.7 Å². The zero-order valence-corrected chi connectivity index (χ0v) is 20.4. The maximum atomic E-state index is 13.4. The van der Waals surface area contributed by atoms with Crippen LogP contribution in [0.2, 0.25) is 0 Å². The standard InChI is InChI=1S/C26H27N3O7/c1-33-20-9-6-8-18(24(20)34-2)25(31)28-12-10-19-23(26(32)35-3)21(15-22(30)29(19)14-13-28)36-16-17-7-4-5-11-27-17/h4-9,11,15H,10,12-14,16H2,1-3H3. The number of pyridine rings is 2. The molecule has 0 radical (unpaired) electrons. The van der Waals surface area contributed by atoms with Crippen molar-refractivity contribution in [1.82, 2.24) is 14.5 Å². The van der Waals surface area contributed by atoms with Gasteiger partial charge in [-0.15, -0.1) is 0 Å². The van der Waals surface area contributed by atoms with Crippen LogP contribution in [-0.2, 0) is 24.3 Å². The van der Waals surface area contributed by atoms with Crippen molar-refractivity contribution < 1.29 is 28.5 Å². The van der Waals surface area contributed by atoms with Gasteiger partial charge >= 0.3 is 5.97 Å². The number of nitrogens with zero attached hydrogens (tertiary/aromatic N) is 3. The fraction of sp³-hybridized carbons (Fsp3) is 0.308. The lowest BCUT2D eigenvalue weighted by Crippen LogP contribution is -2.34. The summed E-state index contributed by atoms with van der Waals surface area (Å²) in [5.74, 6) is 0.0181. The first-order chi connectivity index (χ1) is 17.5. The topological polar surface area (TPSA) is 109 Å². The first-order valence-electron chi connectivity index (χ1n) is 11.4. The third kappa shape index (κ3) is 4.88. The average molecular weight is 494 g/mol. The molecule has 3 aromatic rings. The highest BCUT2D eigenvalue weighted by Crippen LogP contribution is 2.32. The Morgan fingerprint density at radius 2 is 1.81 bits per heavy atom. The molecule has 1 aromatic carbocycles. The molecule has 1 aliphatic heterocycles. The zero-order chi connectivity index (χ0) is 25.7. The second-order valence-corrected chi connectivity index (χ2v) is 8.00. The SMILES string of the molecule is COC(=O)c1c(OCc2ccccn2)cc(=O)n2c1CCN(C(=O)c1cccc(OC)c1OC)CC2. The molecule has 0 N–H and O–H groups in total. The number of fused-ring (bicyclic) bond motifs is 1. The normalized spacial score (nSPS) is 12.8. The third-order valence-electron chi connectivity index (χ3n) is 6.01. The fourth-order valence-corrected chi connectivity index (χ4v) is 4.25. The van der Waals surface area contributed by atoms with Crippen LogP contribution in [0.25, 0.3) is 0 Å². The maximum Gasteiger partial charge on any atom is 0.343 e. The second kappa shape index (κ2) is 10.9. The van der Waals surface area contributed by atoms with Gasteiger partial charge in [-0.1, -0.05) is 12.1 Å². The minimum absolute atomic E-state index is 0.0774. The van der Waals surface area contributed by atoms with Crippen molar-refractivity contribution in [3.63, 3.8) is 0 Å². The van der Waals surface area contributed by atoms with Gasteiger partial charge in [0.15, 0.2) is 11.5 Å². The van der Waals surface area contributed by atoms with E-state index in [-0.39, 0.29) is 55.4 Å². The minimum atomic E-state index is -0.621. The number of aromatic nitrogens is 2. The highest BCUT2D eigenvalue weighted by molar-refractivity contribution is 5.98. The van der Waals surface area contributed by atoms with Crippen molar-refractivity contribution in [3.05, 3.63) is 81.5 Å². The van der Waals surface area contributed by atoms with Gasteiger partial charge in [0.25, 0.3) is 11.5 Å². The minimum Gasteiger partial charge on any atom is -0.493 e. The van der Waals surface area contributed by atoms with Crippen LogP contribution in [0, 0.1) is 0 Å². The van der Waals surface area contributed by atoms with Gasteiger partial charge in [-0.3, -0.25) is 14.6 Å². The molecule has 188 valence electrons. The molecule has 0 saturated carbocycles. The molecular formula is C26H27N3O7. The summed E-state index contributed by atoms with van der Waals surface area (Å²) in [6.07, 6.45) is 1.88. The van der Waals surface area contributed by atoms with Crippen LogP contribution >= 0.6 is 0 Å². The van der Waals surface area contributed by atoms with Crippen molar-refractivity contribution in [2.24, 2.45) is 0 Å². The molecular weight excluding hydrogens is 466 g/mol. The summed E-state index contributed by atoms with van der Waals surface area (Å²) >= 11 is 0. The third-order valence-corrected chi connectivity index (χ3v) is 6.01. The predicted molar refractivity (Wildman–Crippen MR) is 130 cm³/mol. The Hall–Kier alpha value is -4.34. The summed E-state index contributed by atoms with van der Waals surface area (Å²) in [5.41, 5.74) is 1.29. The number of methoxy groups -OCH3 is 3. The highest BCUT2D eigenvalue weighted by Gasteiger charge is 2.29. The van der Waals surface area contributed by atoms with Gasteiger partial charge in [0.05, 0.1) is 32.6 Å². The van der Waals surface area contributed by atoms with Crippen LogP contribution in [0.1, 0.15) is 32.1 Å². The molecule has 36 heavy (non-hydrogen) atoms. The quantitative estimate of drug-likeness (QED) is 0.462. The Morgan fingerprint density at radius 3 is 2.50 bits per heavy atom. The number of carbonyl (C=O) groups is 2. The van der Waals surface area contributed by atoms with Crippen molar-refractivity contribution in [1.29, 1.82) is 0 Å². The van der Waals surface area contributed by atoms with Gasteiger partial charge in [-0.25, -0.2) is 4.79 Å². The Bertz CT molecular complexity index is 1320. The lowest BCUT2D eigenvalue weighted by atomic mass is 10.1. The van der Waals surface area contributed by atoms with Gasteiger partial charge in [-0.2, -0.15) is 0 Å². The monoisotopic (exact) mass is 493 g/mol. The van der Waals surface area contributed by atoms with Crippen molar-refractivity contribution in [2.45, 2.75) is 19.6 Å². The van der Waals surface area contributed by atoms with E-state index in [0.29, 0.717) is 28.5 Å². The second-order valence-electron chi connectivity index (χ2n) is 8.00. The lowest BCUT2D eigenvalue weighted by Gasteiger charge is -2.21. The lowest BCUT2D eigenvalue weighted by molar-refractivity contribution is 0.0592. The van der Waals surface area contributed by atoms with E-state index in [2.05, 4.69) is 4.98 Å². The molecule has 0 fully saturated rings. The summed E-state index contributed by atoms with van der Waals surface area (Å²) in [5, 5.41) is 0. The molecule has 3 heterocycles. The number of para-hydroxylation sites is 1. The molecule has 4 rings (SSSR count). The Kier molecular flexibility index (Phi) is 7.53. The van der Waals surface area contributed by atoms with E-state index < -0.39 is 5.97 Å². The van der Waals surface area contributed by atoms with E-state index in [0.717, 1.165) is 0 Å². The van der Waals surface area contributed by atoms with Gasteiger partial charge in [-0.05, 0) is 24.3 Å². The van der Waals surface area contributed by atoms with Gasteiger partial charge < -0.3 is 28.4 Å². The molecule has 0 unspecified atom stereocenters. The molecule has 0 atom stereocenters. The van der Waals surface area contributed by atoms with Crippen molar-refractivity contribution >= 4 is 11.9 Å². The number of hydrogen-bond acceptors (Lipinski definition) is 8.